The Kier molecular flexibility index (Phi) is 8.59. The molecule has 0 spiro atoms. The molecule has 1 aromatic heterocycles. The largest absolute Gasteiger partial charge is 0.482 e. The summed E-state index contributed by atoms with van der Waals surface area (Å²) in [5.41, 5.74) is 6.04. The molecule has 38 heavy (non-hydrogen) atoms. The molecule has 14 heteroatoms. The van der Waals surface area contributed by atoms with Crippen molar-refractivity contribution in [3.8, 4) is 5.75 Å². The quantitative estimate of drug-likeness (QED) is 0.116. The van der Waals surface area contributed by atoms with E-state index >= 15 is 0 Å². The number of hydrazine groups is 1. The average molecular weight is 553 g/mol. The molecule has 0 unspecified atom stereocenters. The predicted octanol–water partition coefficient (Wildman–Crippen LogP) is 6.37. The molecule has 0 aliphatic heterocycles. The second kappa shape index (κ2) is 12.4. The Morgan fingerprint density at radius 3 is 2.32 bits per heavy atom. The normalized spacial score (nSPS) is 10.7. The third-order valence-electron chi connectivity index (χ3n) is 4.75. The highest BCUT2D eigenvalue weighted by atomic mass is 35.5. The summed E-state index contributed by atoms with van der Waals surface area (Å²) in [6, 6.07) is 20.5. The predicted molar refractivity (Wildman–Crippen MR) is 143 cm³/mol. The van der Waals surface area contributed by atoms with Crippen LogP contribution in [0.5, 0.6) is 5.75 Å². The number of hydrogen-bond donors (Lipinski definition) is 3. The van der Waals surface area contributed by atoms with Crippen LogP contribution in [-0.4, -0.2) is 27.4 Å². The number of carbonyl (C=O) groups excluding carboxylic acids is 1. The van der Waals surface area contributed by atoms with Crippen LogP contribution in [0.15, 0.2) is 89.4 Å². The fourth-order valence-corrected chi connectivity index (χ4v) is 3.46. The van der Waals surface area contributed by atoms with E-state index in [2.05, 4.69) is 36.4 Å². The van der Waals surface area contributed by atoms with Gasteiger partial charge in [0, 0.05) is 10.7 Å². The molecule has 4 rings (SSSR count). The smallest absolute Gasteiger partial charge is 0.355 e. The molecule has 4 aromatic rings. The lowest BCUT2D eigenvalue weighted by Gasteiger charge is -2.12. The number of nitro groups is 1. The number of aromatic nitrogens is 2. The maximum absolute atomic E-state index is 12.2. The zero-order valence-corrected chi connectivity index (χ0v) is 20.8. The van der Waals surface area contributed by atoms with Crippen LogP contribution >= 0.6 is 23.2 Å². The number of halogens is 2. The molecule has 0 aliphatic rings. The standard InChI is InChI=1S/C24H18Cl2N8O4/c25-15-6-11-20(19(26)12-15)38-13-21(35)32-33-24-22(34(36)37)23(27-14-28-24)29-16-7-9-18(10-8-16)31-30-17-4-2-1-3-5-17/h1-12,14H,13H2,(H,32,35)(H2,27,28,29,33). The van der Waals surface area contributed by atoms with Gasteiger partial charge in [-0.25, -0.2) is 9.97 Å². The van der Waals surface area contributed by atoms with E-state index in [0.29, 0.717) is 22.1 Å². The van der Waals surface area contributed by atoms with Gasteiger partial charge in [-0.2, -0.15) is 10.2 Å². The first-order chi connectivity index (χ1) is 18.4. The summed E-state index contributed by atoms with van der Waals surface area (Å²) in [6.07, 6.45) is 1.11. The third-order valence-corrected chi connectivity index (χ3v) is 5.28. The van der Waals surface area contributed by atoms with E-state index in [9.17, 15) is 14.9 Å². The monoisotopic (exact) mass is 552 g/mol. The van der Waals surface area contributed by atoms with E-state index in [1.165, 1.54) is 12.1 Å². The Bertz CT molecular complexity index is 1470. The first-order valence-corrected chi connectivity index (χ1v) is 11.6. The lowest BCUT2D eigenvalue weighted by atomic mass is 10.3. The van der Waals surface area contributed by atoms with Crippen LogP contribution in [0.1, 0.15) is 0 Å². The number of hydrogen-bond acceptors (Lipinski definition) is 10. The van der Waals surface area contributed by atoms with Gasteiger partial charge in [0.2, 0.25) is 11.6 Å². The van der Waals surface area contributed by atoms with Crippen LogP contribution in [-0.2, 0) is 4.79 Å². The van der Waals surface area contributed by atoms with Crippen LogP contribution in [0.25, 0.3) is 0 Å². The zero-order valence-electron chi connectivity index (χ0n) is 19.3. The van der Waals surface area contributed by atoms with Crippen molar-refractivity contribution in [3.05, 3.63) is 99.3 Å². The number of rotatable bonds is 10. The fourth-order valence-electron chi connectivity index (χ4n) is 2.99. The molecular weight excluding hydrogens is 535 g/mol. The fraction of sp³-hybridized carbons (Fsp3) is 0.0417. The second-order valence-corrected chi connectivity index (χ2v) is 8.26. The molecule has 0 atom stereocenters. The second-order valence-electron chi connectivity index (χ2n) is 7.42. The first-order valence-electron chi connectivity index (χ1n) is 10.8. The number of amides is 1. The lowest BCUT2D eigenvalue weighted by Crippen LogP contribution is -2.34. The number of azo groups is 1. The summed E-state index contributed by atoms with van der Waals surface area (Å²) < 4.78 is 5.34. The molecule has 3 aromatic carbocycles. The van der Waals surface area contributed by atoms with Crippen molar-refractivity contribution in [2.45, 2.75) is 0 Å². The van der Waals surface area contributed by atoms with Gasteiger partial charge in [-0.05, 0) is 54.6 Å². The van der Waals surface area contributed by atoms with Crippen molar-refractivity contribution in [3.63, 3.8) is 0 Å². The van der Waals surface area contributed by atoms with Gasteiger partial charge in [0.25, 0.3) is 5.91 Å². The first kappa shape index (κ1) is 26.3. The molecule has 12 nitrogen and oxygen atoms in total. The Hall–Kier alpha value is -4.81. The van der Waals surface area contributed by atoms with Crippen LogP contribution in [0.3, 0.4) is 0 Å². The highest BCUT2D eigenvalue weighted by Gasteiger charge is 2.23. The van der Waals surface area contributed by atoms with Gasteiger partial charge in [0.05, 0.1) is 21.3 Å². The Morgan fingerprint density at radius 1 is 0.947 bits per heavy atom. The SMILES string of the molecule is O=C(COc1ccc(Cl)cc1Cl)NNc1ncnc(Nc2ccc(N=Nc3ccccc3)cc2)c1[N+](=O)[O-]. The van der Waals surface area contributed by atoms with Crippen LogP contribution in [0.2, 0.25) is 10.0 Å². The van der Waals surface area contributed by atoms with E-state index in [0.717, 1.165) is 6.33 Å². The van der Waals surface area contributed by atoms with Crippen molar-refractivity contribution in [1.29, 1.82) is 0 Å². The lowest BCUT2D eigenvalue weighted by molar-refractivity contribution is -0.383. The maximum atomic E-state index is 12.2. The number of nitrogens with one attached hydrogen (secondary N) is 3. The number of carbonyl (C=O) groups is 1. The van der Waals surface area contributed by atoms with Gasteiger partial charge in [-0.3, -0.25) is 25.8 Å². The molecular formula is C24H18Cl2N8O4. The van der Waals surface area contributed by atoms with Gasteiger partial charge in [-0.15, -0.1) is 0 Å². The minimum Gasteiger partial charge on any atom is -0.482 e. The molecule has 1 amide bonds. The summed E-state index contributed by atoms with van der Waals surface area (Å²) >= 11 is 11.8. The van der Waals surface area contributed by atoms with Crippen LogP contribution in [0, 0.1) is 10.1 Å². The maximum Gasteiger partial charge on any atom is 0.355 e. The van der Waals surface area contributed by atoms with Gasteiger partial charge in [0.15, 0.2) is 6.61 Å². The molecule has 1 heterocycles. The number of benzene rings is 3. The minimum absolute atomic E-state index is 0.0930. The number of ether oxygens (including phenoxy) is 1. The van der Waals surface area contributed by atoms with E-state index in [1.807, 2.05) is 30.3 Å². The van der Waals surface area contributed by atoms with Gasteiger partial charge in [0.1, 0.15) is 12.1 Å². The highest BCUT2D eigenvalue weighted by Crippen LogP contribution is 2.31. The van der Waals surface area contributed by atoms with Crippen LogP contribution < -0.4 is 20.9 Å². The molecule has 0 aliphatic carbocycles. The van der Waals surface area contributed by atoms with E-state index in [-0.39, 0.29) is 22.4 Å². The van der Waals surface area contributed by atoms with E-state index < -0.39 is 23.1 Å². The molecule has 0 saturated heterocycles. The number of nitrogens with zero attached hydrogens (tertiary/aromatic N) is 5. The van der Waals surface area contributed by atoms with Gasteiger partial charge >= 0.3 is 5.69 Å². The van der Waals surface area contributed by atoms with Gasteiger partial charge in [-0.1, -0.05) is 41.4 Å². The van der Waals surface area contributed by atoms with Crippen molar-refractivity contribution in [2.24, 2.45) is 10.2 Å². The summed E-state index contributed by atoms with van der Waals surface area (Å²) in [5, 5.41) is 23.6. The van der Waals surface area contributed by atoms with Crippen molar-refractivity contribution >= 4 is 63.5 Å². The summed E-state index contributed by atoms with van der Waals surface area (Å²) in [5.74, 6) is -0.722. The van der Waals surface area contributed by atoms with Crippen molar-refractivity contribution in [2.75, 3.05) is 17.3 Å². The molecule has 3 N–H and O–H groups in total. The number of anilines is 3. The highest BCUT2D eigenvalue weighted by molar-refractivity contribution is 6.35. The molecule has 0 bridgehead atoms. The molecule has 0 radical (unpaired) electrons. The summed E-state index contributed by atoms with van der Waals surface area (Å²) in [7, 11) is 0. The molecule has 0 fully saturated rings. The minimum atomic E-state index is -0.677. The van der Waals surface area contributed by atoms with E-state index in [1.54, 1.807) is 30.3 Å². The topological polar surface area (TPSA) is 156 Å². The van der Waals surface area contributed by atoms with E-state index in [4.69, 9.17) is 27.9 Å². The average Bonchev–Trinajstić information content (AvgIpc) is 2.91. The Labute approximate surface area is 225 Å². The molecule has 0 saturated carbocycles. The third kappa shape index (κ3) is 7.12. The Morgan fingerprint density at radius 2 is 1.63 bits per heavy atom. The molecule has 192 valence electrons. The summed E-state index contributed by atoms with van der Waals surface area (Å²) in [4.78, 5) is 31.1. The Balaban J connectivity index is 1.39. The van der Waals surface area contributed by atoms with Gasteiger partial charge < -0.3 is 10.1 Å². The van der Waals surface area contributed by atoms with Crippen molar-refractivity contribution < 1.29 is 14.5 Å². The zero-order chi connectivity index (χ0) is 26.9. The van der Waals surface area contributed by atoms with Crippen molar-refractivity contribution in [1.82, 2.24) is 15.4 Å². The van der Waals surface area contributed by atoms with Crippen LogP contribution in [0.4, 0.5) is 34.4 Å². The summed E-state index contributed by atoms with van der Waals surface area (Å²) in [6.45, 7) is -0.424.